The Morgan fingerprint density at radius 2 is 1.58 bits per heavy atom. The highest BCUT2D eigenvalue weighted by Gasteiger charge is 2.21. The molecule has 2 aliphatic heterocycles. The average molecular weight is 522 g/mol. The van der Waals surface area contributed by atoms with Crippen molar-refractivity contribution in [2.45, 2.75) is 95.9 Å². The van der Waals surface area contributed by atoms with Gasteiger partial charge >= 0.3 is 0 Å². The van der Waals surface area contributed by atoms with Crippen LogP contribution in [0, 0.1) is 0 Å². The minimum absolute atomic E-state index is 0.126. The fourth-order valence-corrected chi connectivity index (χ4v) is 5.64. The van der Waals surface area contributed by atoms with Crippen LogP contribution in [0.3, 0.4) is 0 Å². The fourth-order valence-electron chi connectivity index (χ4n) is 5.64. The van der Waals surface area contributed by atoms with Crippen molar-refractivity contribution in [3.05, 3.63) is 53.9 Å². The SMILES string of the molecule is O=C(CCCCCCCCCCCc1cccnc1)N[C@H](Cc1ccc2c(c1)OCCO2)CN1CCCC1. The second-order valence-corrected chi connectivity index (χ2v) is 11.0. The molecule has 0 unspecified atom stereocenters. The summed E-state index contributed by atoms with van der Waals surface area (Å²) in [6.45, 7) is 4.39. The first-order chi connectivity index (χ1) is 18.8. The van der Waals surface area contributed by atoms with Gasteiger partial charge < -0.3 is 19.7 Å². The number of rotatable bonds is 17. The number of pyridine rings is 1. The van der Waals surface area contributed by atoms with Crippen LogP contribution >= 0.6 is 0 Å². The van der Waals surface area contributed by atoms with Gasteiger partial charge in [0, 0.05) is 31.4 Å². The maximum absolute atomic E-state index is 12.8. The second kappa shape index (κ2) is 16.4. The van der Waals surface area contributed by atoms with E-state index in [2.05, 4.69) is 33.4 Å². The molecule has 38 heavy (non-hydrogen) atoms. The zero-order valence-corrected chi connectivity index (χ0v) is 23.2. The number of likely N-dealkylation sites (tertiary alicyclic amines) is 1. The van der Waals surface area contributed by atoms with Crippen LogP contribution in [0.25, 0.3) is 0 Å². The number of hydrogen-bond donors (Lipinski definition) is 1. The molecule has 4 rings (SSSR count). The van der Waals surface area contributed by atoms with Gasteiger partial charge in [0.15, 0.2) is 11.5 Å². The van der Waals surface area contributed by atoms with Crippen LogP contribution in [0.15, 0.2) is 42.7 Å². The molecule has 1 saturated heterocycles. The van der Waals surface area contributed by atoms with E-state index in [0.717, 1.165) is 56.8 Å². The molecule has 3 heterocycles. The van der Waals surface area contributed by atoms with Crippen LogP contribution < -0.4 is 14.8 Å². The molecular weight excluding hydrogens is 474 g/mol. The highest BCUT2D eigenvalue weighted by atomic mass is 16.6. The van der Waals surface area contributed by atoms with Gasteiger partial charge in [-0.05, 0) is 80.9 Å². The smallest absolute Gasteiger partial charge is 0.220 e. The topological polar surface area (TPSA) is 63.7 Å². The summed E-state index contributed by atoms with van der Waals surface area (Å²) >= 11 is 0. The number of aromatic nitrogens is 1. The molecule has 1 aromatic heterocycles. The number of nitrogens with one attached hydrogen (secondary N) is 1. The molecule has 208 valence electrons. The minimum Gasteiger partial charge on any atom is -0.486 e. The number of hydrogen-bond acceptors (Lipinski definition) is 5. The number of aryl methyl sites for hydroxylation is 1. The van der Waals surface area contributed by atoms with E-state index in [1.54, 1.807) is 0 Å². The zero-order valence-electron chi connectivity index (χ0n) is 23.2. The number of carbonyl (C=O) groups excluding carboxylic acids is 1. The Morgan fingerprint density at radius 3 is 2.32 bits per heavy atom. The molecule has 1 atom stereocenters. The number of amides is 1. The summed E-state index contributed by atoms with van der Waals surface area (Å²) in [4.78, 5) is 19.5. The average Bonchev–Trinajstić information content (AvgIpc) is 3.45. The lowest BCUT2D eigenvalue weighted by Gasteiger charge is -2.25. The van der Waals surface area contributed by atoms with Gasteiger partial charge in [0.2, 0.25) is 5.91 Å². The first-order valence-corrected chi connectivity index (χ1v) is 15.1. The lowest BCUT2D eigenvalue weighted by molar-refractivity contribution is -0.122. The fraction of sp³-hybridized carbons (Fsp3) is 0.625. The lowest BCUT2D eigenvalue weighted by atomic mass is 10.0. The standard InChI is InChI=1S/C32H47N3O3/c36-32(15-9-7-5-3-1-2-4-6-8-13-27-14-12-18-33-25-27)34-29(26-35-19-10-11-20-35)23-28-16-17-30-31(24-28)38-22-21-37-30/h12,14,16-18,24-25,29H,1-11,13,15,19-23,26H2,(H,34,36)/t29-/m1/s1. The van der Waals surface area contributed by atoms with E-state index in [4.69, 9.17) is 9.47 Å². The van der Waals surface area contributed by atoms with Gasteiger partial charge in [-0.3, -0.25) is 9.78 Å². The van der Waals surface area contributed by atoms with Gasteiger partial charge in [-0.2, -0.15) is 0 Å². The number of unbranched alkanes of at least 4 members (excludes halogenated alkanes) is 8. The van der Waals surface area contributed by atoms with Gasteiger partial charge in [0.25, 0.3) is 0 Å². The molecule has 0 spiro atoms. The van der Waals surface area contributed by atoms with Crippen LogP contribution in [0.5, 0.6) is 11.5 Å². The quantitative estimate of drug-likeness (QED) is 0.254. The third kappa shape index (κ3) is 10.3. The summed E-state index contributed by atoms with van der Waals surface area (Å²) in [5, 5.41) is 3.36. The molecule has 1 amide bonds. The van der Waals surface area contributed by atoms with Crippen LogP contribution in [0.4, 0.5) is 0 Å². The molecule has 0 aliphatic carbocycles. The summed E-state index contributed by atoms with van der Waals surface area (Å²) in [6.07, 6.45) is 20.1. The molecule has 2 aliphatic rings. The summed E-state index contributed by atoms with van der Waals surface area (Å²) in [5.41, 5.74) is 2.54. The van der Waals surface area contributed by atoms with Crippen LogP contribution in [-0.4, -0.2) is 54.7 Å². The molecule has 0 radical (unpaired) electrons. The van der Waals surface area contributed by atoms with E-state index >= 15 is 0 Å². The summed E-state index contributed by atoms with van der Waals surface area (Å²) in [5.74, 6) is 1.84. The van der Waals surface area contributed by atoms with Crippen molar-refractivity contribution >= 4 is 5.91 Å². The Hall–Kier alpha value is -2.60. The van der Waals surface area contributed by atoms with Crippen molar-refractivity contribution in [3.8, 4) is 11.5 Å². The predicted molar refractivity (Wildman–Crippen MR) is 153 cm³/mol. The zero-order chi connectivity index (χ0) is 26.3. The predicted octanol–water partition coefficient (Wildman–Crippen LogP) is 6.12. The molecule has 2 aromatic rings. The molecule has 0 bridgehead atoms. The van der Waals surface area contributed by atoms with Crippen LogP contribution in [-0.2, 0) is 17.6 Å². The highest BCUT2D eigenvalue weighted by molar-refractivity contribution is 5.76. The molecule has 1 aromatic carbocycles. The third-order valence-corrected chi connectivity index (χ3v) is 7.72. The van der Waals surface area contributed by atoms with Crippen LogP contribution in [0.1, 0.15) is 88.2 Å². The highest BCUT2D eigenvalue weighted by Crippen LogP contribution is 2.31. The van der Waals surface area contributed by atoms with Crippen molar-refractivity contribution in [2.75, 3.05) is 32.8 Å². The first kappa shape index (κ1) is 28.4. The Morgan fingerprint density at radius 1 is 0.868 bits per heavy atom. The Balaban J connectivity index is 1.07. The number of carbonyl (C=O) groups is 1. The number of benzene rings is 1. The van der Waals surface area contributed by atoms with E-state index in [0.29, 0.717) is 19.6 Å². The third-order valence-electron chi connectivity index (χ3n) is 7.72. The van der Waals surface area contributed by atoms with Gasteiger partial charge in [0.05, 0.1) is 0 Å². The number of nitrogens with zero attached hydrogens (tertiary/aromatic N) is 2. The van der Waals surface area contributed by atoms with Gasteiger partial charge in [0.1, 0.15) is 13.2 Å². The molecule has 1 N–H and O–H groups in total. The van der Waals surface area contributed by atoms with E-state index in [1.807, 2.05) is 24.5 Å². The molecule has 6 heteroatoms. The summed E-state index contributed by atoms with van der Waals surface area (Å²) in [6, 6.07) is 10.5. The Bertz CT molecular complexity index is 946. The largest absolute Gasteiger partial charge is 0.486 e. The molecule has 6 nitrogen and oxygen atoms in total. The van der Waals surface area contributed by atoms with Gasteiger partial charge in [-0.1, -0.05) is 57.1 Å². The van der Waals surface area contributed by atoms with Crippen molar-refractivity contribution in [1.29, 1.82) is 0 Å². The number of ether oxygens (including phenoxy) is 2. The van der Waals surface area contributed by atoms with Crippen molar-refractivity contribution in [2.24, 2.45) is 0 Å². The van der Waals surface area contributed by atoms with E-state index in [1.165, 1.54) is 68.9 Å². The van der Waals surface area contributed by atoms with Gasteiger partial charge in [-0.15, -0.1) is 0 Å². The van der Waals surface area contributed by atoms with E-state index in [9.17, 15) is 4.79 Å². The molecular formula is C32H47N3O3. The second-order valence-electron chi connectivity index (χ2n) is 11.0. The summed E-state index contributed by atoms with van der Waals surface area (Å²) < 4.78 is 11.4. The van der Waals surface area contributed by atoms with Crippen molar-refractivity contribution in [3.63, 3.8) is 0 Å². The van der Waals surface area contributed by atoms with E-state index in [-0.39, 0.29) is 11.9 Å². The Kier molecular flexibility index (Phi) is 12.2. The maximum atomic E-state index is 12.8. The normalized spacial score (nSPS) is 15.9. The molecule has 1 fully saturated rings. The summed E-state index contributed by atoms with van der Waals surface area (Å²) in [7, 11) is 0. The van der Waals surface area contributed by atoms with Crippen LogP contribution in [0.2, 0.25) is 0 Å². The van der Waals surface area contributed by atoms with E-state index < -0.39 is 0 Å². The van der Waals surface area contributed by atoms with Gasteiger partial charge in [-0.25, -0.2) is 0 Å². The number of fused-ring (bicyclic) bond motifs is 1. The maximum Gasteiger partial charge on any atom is 0.220 e. The monoisotopic (exact) mass is 521 g/mol. The van der Waals surface area contributed by atoms with Crippen molar-refractivity contribution in [1.82, 2.24) is 15.2 Å². The lowest BCUT2D eigenvalue weighted by Crippen LogP contribution is -2.44. The Labute approximate surface area is 229 Å². The first-order valence-electron chi connectivity index (χ1n) is 15.1. The van der Waals surface area contributed by atoms with Crippen molar-refractivity contribution < 1.29 is 14.3 Å². The minimum atomic E-state index is 0.126. The molecule has 0 saturated carbocycles.